The first-order valence-electron chi connectivity index (χ1n) is 7.14. The summed E-state index contributed by atoms with van der Waals surface area (Å²) in [5.74, 6) is -0.0696. The predicted octanol–water partition coefficient (Wildman–Crippen LogP) is 3.95. The summed E-state index contributed by atoms with van der Waals surface area (Å²) in [5.41, 5.74) is 0.514. The molecule has 1 N–H and O–H groups in total. The van der Waals surface area contributed by atoms with E-state index < -0.39 is 5.82 Å². The third kappa shape index (κ3) is 4.41. The Morgan fingerprint density at radius 3 is 2.57 bits per heavy atom. The largest absolute Gasteiger partial charge is 0.505 e. The van der Waals surface area contributed by atoms with Gasteiger partial charge in [0.15, 0.2) is 23.1 Å². The third-order valence-electron chi connectivity index (χ3n) is 3.10. The van der Waals surface area contributed by atoms with Gasteiger partial charge in [-0.25, -0.2) is 14.4 Å². The number of halogens is 1. The van der Waals surface area contributed by atoms with Gasteiger partial charge in [0.05, 0.1) is 19.0 Å². The monoisotopic (exact) mass is 290 g/mol. The van der Waals surface area contributed by atoms with Crippen molar-refractivity contribution in [3.05, 3.63) is 36.4 Å². The zero-order valence-electron chi connectivity index (χ0n) is 12.1. The van der Waals surface area contributed by atoms with E-state index in [9.17, 15) is 4.39 Å². The molecule has 0 fully saturated rings. The number of phenols is 1. The van der Waals surface area contributed by atoms with Crippen molar-refractivity contribution < 1.29 is 14.2 Å². The van der Waals surface area contributed by atoms with Gasteiger partial charge in [-0.15, -0.1) is 0 Å². The molecule has 112 valence electrons. The maximum absolute atomic E-state index is 13.3. The highest BCUT2D eigenvalue weighted by molar-refractivity contribution is 5.56. The van der Waals surface area contributed by atoms with Gasteiger partial charge in [-0.2, -0.15) is 0 Å². The lowest BCUT2D eigenvalue weighted by molar-refractivity contribution is 0.303. The molecule has 0 unspecified atom stereocenters. The molecule has 2 rings (SSSR count). The van der Waals surface area contributed by atoms with Gasteiger partial charge in [0.2, 0.25) is 0 Å². The molecule has 0 aliphatic carbocycles. The Morgan fingerprint density at radius 2 is 1.90 bits per heavy atom. The van der Waals surface area contributed by atoms with Crippen LogP contribution in [0.1, 0.15) is 32.6 Å². The molecule has 21 heavy (non-hydrogen) atoms. The van der Waals surface area contributed by atoms with E-state index in [4.69, 9.17) is 9.84 Å². The van der Waals surface area contributed by atoms with Crippen LogP contribution in [0.2, 0.25) is 0 Å². The lowest BCUT2D eigenvalue weighted by atomic mass is 10.2. The van der Waals surface area contributed by atoms with Gasteiger partial charge in [0, 0.05) is 5.56 Å². The zero-order valence-corrected chi connectivity index (χ0v) is 12.1. The molecule has 1 aromatic heterocycles. The van der Waals surface area contributed by atoms with Gasteiger partial charge in [0.25, 0.3) is 0 Å². The topological polar surface area (TPSA) is 55.2 Å². The SMILES string of the molecule is CCCCCCOc1cnc(-c2ccc(O)c(F)c2)nc1. The summed E-state index contributed by atoms with van der Waals surface area (Å²) in [6, 6.07) is 4.06. The Hall–Kier alpha value is -2.17. The van der Waals surface area contributed by atoms with Crippen LogP contribution in [-0.4, -0.2) is 21.7 Å². The van der Waals surface area contributed by atoms with Crippen LogP contribution < -0.4 is 4.74 Å². The van der Waals surface area contributed by atoms with Crippen LogP contribution in [0, 0.1) is 5.82 Å². The van der Waals surface area contributed by atoms with Crippen LogP contribution in [0.3, 0.4) is 0 Å². The molecule has 0 aliphatic rings. The van der Waals surface area contributed by atoms with Gasteiger partial charge in [-0.05, 0) is 24.6 Å². The van der Waals surface area contributed by atoms with Crippen molar-refractivity contribution in [1.82, 2.24) is 9.97 Å². The second-order valence-electron chi connectivity index (χ2n) is 4.82. The fourth-order valence-electron chi connectivity index (χ4n) is 1.90. The maximum atomic E-state index is 13.3. The molecule has 1 aromatic carbocycles. The highest BCUT2D eigenvalue weighted by Crippen LogP contribution is 2.22. The molecule has 0 saturated carbocycles. The highest BCUT2D eigenvalue weighted by atomic mass is 19.1. The number of nitrogens with zero attached hydrogens (tertiary/aromatic N) is 2. The number of hydrogen-bond acceptors (Lipinski definition) is 4. The molecule has 5 heteroatoms. The van der Waals surface area contributed by atoms with Gasteiger partial charge < -0.3 is 9.84 Å². The Bertz CT molecular complexity index is 573. The van der Waals surface area contributed by atoms with Gasteiger partial charge in [0.1, 0.15) is 0 Å². The average Bonchev–Trinajstić information content (AvgIpc) is 2.50. The van der Waals surface area contributed by atoms with E-state index in [2.05, 4.69) is 16.9 Å². The van der Waals surface area contributed by atoms with Crippen LogP contribution in [0.4, 0.5) is 4.39 Å². The molecule has 0 amide bonds. The van der Waals surface area contributed by atoms with Crippen molar-refractivity contribution in [3.8, 4) is 22.9 Å². The lowest BCUT2D eigenvalue weighted by Gasteiger charge is -2.06. The van der Waals surface area contributed by atoms with Crippen LogP contribution in [0.25, 0.3) is 11.4 Å². The van der Waals surface area contributed by atoms with Crippen molar-refractivity contribution in [3.63, 3.8) is 0 Å². The van der Waals surface area contributed by atoms with E-state index in [0.717, 1.165) is 12.8 Å². The van der Waals surface area contributed by atoms with Crippen LogP contribution in [0.5, 0.6) is 11.5 Å². The lowest BCUT2D eigenvalue weighted by Crippen LogP contribution is -1.99. The zero-order chi connectivity index (χ0) is 15.1. The minimum Gasteiger partial charge on any atom is -0.505 e. The summed E-state index contributed by atoms with van der Waals surface area (Å²) in [6.45, 7) is 2.82. The molecule has 4 nitrogen and oxygen atoms in total. The van der Waals surface area contributed by atoms with Crippen molar-refractivity contribution in [2.45, 2.75) is 32.6 Å². The van der Waals surface area contributed by atoms with E-state index in [0.29, 0.717) is 23.7 Å². The predicted molar refractivity (Wildman–Crippen MR) is 78.7 cm³/mol. The number of rotatable bonds is 7. The second-order valence-corrected chi connectivity index (χ2v) is 4.82. The number of hydrogen-bond donors (Lipinski definition) is 1. The fourth-order valence-corrected chi connectivity index (χ4v) is 1.90. The van der Waals surface area contributed by atoms with E-state index in [1.807, 2.05) is 0 Å². The number of unbranched alkanes of at least 4 members (excludes halogenated alkanes) is 3. The molecule has 2 aromatic rings. The first-order chi connectivity index (χ1) is 10.2. The van der Waals surface area contributed by atoms with E-state index in [1.165, 1.54) is 25.0 Å². The minimum atomic E-state index is -0.688. The van der Waals surface area contributed by atoms with Crippen molar-refractivity contribution in [1.29, 1.82) is 0 Å². The maximum Gasteiger partial charge on any atom is 0.165 e. The molecule has 0 atom stereocenters. The Kier molecular flexibility index (Phi) is 5.49. The number of benzene rings is 1. The first kappa shape index (κ1) is 15.2. The fraction of sp³-hybridized carbons (Fsp3) is 0.375. The molecule has 0 spiro atoms. The van der Waals surface area contributed by atoms with Crippen molar-refractivity contribution >= 4 is 0 Å². The Morgan fingerprint density at radius 1 is 1.14 bits per heavy atom. The molecule has 0 bridgehead atoms. The normalized spacial score (nSPS) is 10.6. The van der Waals surface area contributed by atoms with Crippen LogP contribution in [-0.2, 0) is 0 Å². The third-order valence-corrected chi connectivity index (χ3v) is 3.10. The molecule has 0 radical (unpaired) electrons. The number of phenolic OH excluding ortho intramolecular Hbond substituents is 1. The molecular weight excluding hydrogens is 271 g/mol. The van der Waals surface area contributed by atoms with E-state index in [-0.39, 0.29) is 5.75 Å². The average molecular weight is 290 g/mol. The highest BCUT2D eigenvalue weighted by Gasteiger charge is 2.06. The van der Waals surface area contributed by atoms with Crippen molar-refractivity contribution in [2.24, 2.45) is 0 Å². The van der Waals surface area contributed by atoms with Gasteiger partial charge >= 0.3 is 0 Å². The molecular formula is C16H19FN2O2. The first-order valence-corrected chi connectivity index (χ1v) is 7.14. The van der Waals surface area contributed by atoms with E-state index in [1.54, 1.807) is 18.5 Å². The minimum absolute atomic E-state index is 0.384. The standard InChI is InChI=1S/C16H19FN2O2/c1-2-3-4-5-8-21-13-10-18-16(19-11-13)12-6-7-15(20)14(17)9-12/h6-7,9-11,20H,2-5,8H2,1H3. The number of ether oxygens (including phenoxy) is 1. The Labute approximate surface area is 123 Å². The smallest absolute Gasteiger partial charge is 0.165 e. The second kappa shape index (κ2) is 7.57. The van der Waals surface area contributed by atoms with E-state index >= 15 is 0 Å². The summed E-state index contributed by atoms with van der Waals surface area (Å²) < 4.78 is 18.8. The summed E-state index contributed by atoms with van der Waals surface area (Å²) >= 11 is 0. The summed E-state index contributed by atoms with van der Waals surface area (Å²) in [7, 11) is 0. The molecule has 0 saturated heterocycles. The van der Waals surface area contributed by atoms with Crippen LogP contribution in [0.15, 0.2) is 30.6 Å². The Balaban J connectivity index is 1.93. The quantitative estimate of drug-likeness (QED) is 0.784. The number of aromatic nitrogens is 2. The van der Waals surface area contributed by atoms with Gasteiger partial charge in [-0.1, -0.05) is 26.2 Å². The molecule has 1 heterocycles. The van der Waals surface area contributed by atoms with Crippen molar-refractivity contribution in [2.75, 3.05) is 6.61 Å². The summed E-state index contributed by atoms with van der Waals surface area (Å²) in [5, 5.41) is 9.16. The number of aromatic hydroxyl groups is 1. The summed E-state index contributed by atoms with van der Waals surface area (Å²) in [4.78, 5) is 8.30. The molecule has 0 aliphatic heterocycles. The van der Waals surface area contributed by atoms with Gasteiger partial charge in [-0.3, -0.25) is 0 Å². The van der Waals surface area contributed by atoms with Crippen LogP contribution >= 0.6 is 0 Å². The summed E-state index contributed by atoms with van der Waals surface area (Å²) in [6.07, 6.45) is 7.73.